The second-order valence-corrected chi connectivity index (χ2v) is 5.54. The topological polar surface area (TPSA) is 32.5 Å². The molecule has 1 heterocycles. The largest absolute Gasteiger partial charge is 0.326 e. The fourth-order valence-corrected chi connectivity index (χ4v) is 2.77. The highest BCUT2D eigenvalue weighted by Crippen LogP contribution is 2.14. The molecule has 2 rings (SSSR count). The van der Waals surface area contributed by atoms with Crippen LogP contribution in [0.4, 0.5) is 0 Å². The van der Waals surface area contributed by atoms with Crippen LogP contribution in [0.25, 0.3) is 0 Å². The third kappa shape index (κ3) is 3.78. The van der Waals surface area contributed by atoms with E-state index in [1.54, 1.807) is 0 Å². The standard InChI is InChI=1S/C16H27N3/c1-3-14(2)19-10-8-18(9-11-19)13-16-7-5-4-6-15(16)12-17/h4-7,14H,3,8-13,17H2,1-2H3. The summed E-state index contributed by atoms with van der Waals surface area (Å²) >= 11 is 0. The molecule has 1 saturated heterocycles. The van der Waals surface area contributed by atoms with Crippen LogP contribution < -0.4 is 5.73 Å². The van der Waals surface area contributed by atoms with Crippen LogP contribution in [-0.2, 0) is 13.1 Å². The van der Waals surface area contributed by atoms with Crippen molar-refractivity contribution < 1.29 is 0 Å². The first kappa shape index (κ1) is 14.5. The van der Waals surface area contributed by atoms with Gasteiger partial charge in [-0.2, -0.15) is 0 Å². The first-order valence-electron chi connectivity index (χ1n) is 7.47. The molecule has 3 nitrogen and oxygen atoms in total. The Labute approximate surface area is 117 Å². The molecule has 0 aromatic heterocycles. The monoisotopic (exact) mass is 261 g/mol. The summed E-state index contributed by atoms with van der Waals surface area (Å²) in [6, 6.07) is 9.27. The average molecular weight is 261 g/mol. The molecule has 0 radical (unpaired) electrons. The summed E-state index contributed by atoms with van der Waals surface area (Å²) in [7, 11) is 0. The van der Waals surface area contributed by atoms with Gasteiger partial charge in [0.15, 0.2) is 0 Å². The maximum Gasteiger partial charge on any atom is 0.0238 e. The van der Waals surface area contributed by atoms with Crippen LogP contribution in [0.5, 0.6) is 0 Å². The van der Waals surface area contributed by atoms with Crippen molar-refractivity contribution in [2.45, 2.75) is 39.4 Å². The van der Waals surface area contributed by atoms with Gasteiger partial charge in [-0.3, -0.25) is 9.80 Å². The van der Waals surface area contributed by atoms with Gasteiger partial charge in [-0.25, -0.2) is 0 Å². The molecule has 0 spiro atoms. The molecule has 0 bridgehead atoms. The van der Waals surface area contributed by atoms with E-state index >= 15 is 0 Å². The van der Waals surface area contributed by atoms with Crippen LogP contribution in [0.2, 0.25) is 0 Å². The number of hydrogen-bond donors (Lipinski definition) is 1. The molecule has 1 aliphatic rings. The average Bonchev–Trinajstić information content (AvgIpc) is 2.48. The van der Waals surface area contributed by atoms with E-state index in [4.69, 9.17) is 5.73 Å². The summed E-state index contributed by atoms with van der Waals surface area (Å²) in [6.45, 7) is 11.0. The fraction of sp³-hybridized carbons (Fsp3) is 0.625. The van der Waals surface area contributed by atoms with Crippen molar-refractivity contribution in [3.05, 3.63) is 35.4 Å². The van der Waals surface area contributed by atoms with Gasteiger partial charge in [0.25, 0.3) is 0 Å². The van der Waals surface area contributed by atoms with Crippen molar-refractivity contribution in [2.75, 3.05) is 26.2 Å². The van der Waals surface area contributed by atoms with Crippen LogP contribution in [0.15, 0.2) is 24.3 Å². The molecule has 1 atom stereocenters. The lowest BCUT2D eigenvalue weighted by Gasteiger charge is -2.38. The highest BCUT2D eigenvalue weighted by atomic mass is 15.3. The second-order valence-electron chi connectivity index (χ2n) is 5.54. The lowest BCUT2D eigenvalue weighted by atomic mass is 10.1. The Kier molecular flexibility index (Phi) is 5.37. The molecule has 1 fully saturated rings. The van der Waals surface area contributed by atoms with Crippen LogP contribution in [0.3, 0.4) is 0 Å². The van der Waals surface area contributed by atoms with Gasteiger partial charge in [0.1, 0.15) is 0 Å². The van der Waals surface area contributed by atoms with Crippen molar-refractivity contribution in [3.8, 4) is 0 Å². The smallest absolute Gasteiger partial charge is 0.0238 e. The van der Waals surface area contributed by atoms with Crippen molar-refractivity contribution in [3.63, 3.8) is 0 Å². The second kappa shape index (κ2) is 7.04. The van der Waals surface area contributed by atoms with Gasteiger partial charge in [0, 0.05) is 45.3 Å². The Hall–Kier alpha value is -0.900. The lowest BCUT2D eigenvalue weighted by Crippen LogP contribution is -2.49. The molecular weight excluding hydrogens is 234 g/mol. The summed E-state index contributed by atoms with van der Waals surface area (Å²) in [5.74, 6) is 0. The summed E-state index contributed by atoms with van der Waals surface area (Å²) in [6.07, 6.45) is 1.25. The zero-order chi connectivity index (χ0) is 13.7. The van der Waals surface area contributed by atoms with E-state index in [-0.39, 0.29) is 0 Å². The van der Waals surface area contributed by atoms with Crippen LogP contribution >= 0.6 is 0 Å². The molecule has 2 N–H and O–H groups in total. The minimum Gasteiger partial charge on any atom is -0.326 e. The van der Waals surface area contributed by atoms with Gasteiger partial charge in [0.05, 0.1) is 0 Å². The molecule has 0 saturated carbocycles. The van der Waals surface area contributed by atoms with E-state index in [2.05, 4.69) is 47.9 Å². The maximum absolute atomic E-state index is 5.81. The third-order valence-electron chi connectivity index (χ3n) is 4.35. The molecule has 1 aliphatic heterocycles. The number of nitrogens with zero attached hydrogens (tertiary/aromatic N) is 2. The molecule has 1 unspecified atom stereocenters. The molecular formula is C16H27N3. The Morgan fingerprint density at radius 2 is 1.74 bits per heavy atom. The minimum absolute atomic E-state index is 0.642. The van der Waals surface area contributed by atoms with Crippen molar-refractivity contribution in [1.82, 2.24) is 9.80 Å². The van der Waals surface area contributed by atoms with Crippen LogP contribution in [-0.4, -0.2) is 42.0 Å². The Balaban J connectivity index is 1.89. The summed E-state index contributed by atoms with van der Waals surface area (Å²) in [4.78, 5) is 5.15. The molecule has 19 heavy (non-hydrogen) atoms. The van der Waals surface area contributed by atoms with E-state index in [1.807, 2.05) is 0 Å². The maximum atomic E-state index is 5.81. The number of benzene rings is 1. The molecule has 3 heteroatoms. The number of nitrogens with two attached hydrogens (primary N) is 1. The quantitative estimate of drug-likeness (QED) is 0.880. The highest BCUT2D eigenvalue weighted by Gasteiger charge is 2.20. The number of hydrogen-bond acceptors (Lipinski definition) is 3. The molecule has 1 aromatic carbocycles. The fourth-order valence-electron chi connectivity index (χ4n) is 2.77. The Bertz CT molecular complexity index is 383. The number of piperazine rings is 1. The molecule has 1 aromatic rings. The normalized spacial score (nSPS) is 19.5. The van der Waals surface area contributed by atoms with Gasteiger partial charge in [0.2, 0.25) is 0 Å². The van der Waals surface area contributed by atoms with Gasteiger partial charge in [-0.1, -0.05) is 31.2 Å². The van der Waals surface area contributed by atoms with E-state index in [9.17, 15) is 0 Å². The first-order chi connectivity index (χ1) is 9.24. The minimum atomic E-state index is 0.642. The summed E-state index contributed by atoms with van der Waals surface area (Å²) in [5, 5.41) is 0. The highest BCUT2D eigenvalue weighted by molar-refractivity contribution is 5.26. The van der Waals surface area contributed by atoms with Crippen molar-refractivity contribution >= 4 is 0 Å². The zero-order valence-electron chi connectivity index (χ0n) is 12.3. The molecule has 0 amide bonds. The molecule has 106 valence electrons. The van der Waals surface area contributed by atoms with E-state index < -0.39 is 0 Å². The predicted molar refractivity (Wildman–Crippen MR) is 80.9 cm³/mol. The summed E-state index contributed by atoms with van der Waals surface area (Å²) < 4.78 is 0. The lowest BCUT2D eigenvalue weighted by molar-refractivity contribution is 0.0962. The van der Waals surface area contributed by atoms with E-state index in [0.29, 0.717) is 6.54 Å². The Morgan fingerprint density at radius 3 is 2.32 bits per heavy atom. The number of rotatable bonds is 5. The SMILES string of the molecule is CCC(C)N1CCN(Cc2ccccc2CN)CC1. The van der Waals surface area contributed by atoms with Crippen LogP contribution in [0.1, 0.15) is 31.4 Å². The van der Waals surface area contributed by atoms with Gasteiger partial charge in [-0.05, 0) is 24.5 Å². The predicted octanol–water partition coefficient (Wildman–Crippen LogP) is 2.06. The zero-order valence-corrected chi connectivity index (χ0v) is 12.3. The van der Waals surface area contributed by atoms with Crippen molar-refractivity contribution in [1.29, 1.82) is 0 Å². The van der Waals surface area contributed by atoms with Crippen molar-refractivity contribution in [2.24, 2.45) is 5.73 Å². The summed E-state index contributed by atoms with van der Waals surface area (Å²) in [5.41, 5.74) is 8.48. The Morgan fingerprint density at radius 1 is 1.11 bits per heavy atom. The van der Waals surface area contributed by atoms with E-state index in [0.717, 1.165) is 12.6 Å². The van der Waals surface area contributed by atoms with Gasteiger partial charge < -0.3 is 5.73 Å². The van der Waals surface area contributed by atoms with Crippen LogP contribution in [0, 0.1) is 0 Å². The van der Waals surface area contributed by atoms with Gasteiger partial charge in [-0.15, -0.1) is 0 Å². The third-order valence-corrected chi connectivity index (χ3v) is 4.35. The van der Waals surface area contributed by atoms with Gasteiger partial charge >= 0.3 is 0 Å². The van der Waals surface area contributed by atoms with E-state index in [1.165, 1.54) is 43.7 Å². The first-order valence-corrected chi connectivity index (χ1v) is 7.47. The molecule has 0 aliphatic carbocycles.